The van der Waals surface area contributed by atoms with E-state index < -0.39 is 5.82 Å². The van der Waals surface area contributed by atoms with Crippen molar-refractivity contribution in [1.82, 2.24) is 10.2 Å². The first kappa shape index (κ1) is 13.8. The number of rotatable bonds is 3. The highest BCUT2D eigenvalue weighted by Gasteiger charge is 2.21. The molecule has 1 amide bonds. The lowest BCUT2D eigenvalue weighted by atomic mass is 10.0. The minimum absolute atomic E-state index is 0.0259. The highest BCUT2D eigenvalue weighted by atomic mass is 19.1. The molecule has 4 nitrogen and oxygen atoms in total. The van der Waals surface area contributed by atoms with Crippen LogP contribution in [0.4, 0.5) is 10.1 Å². The normalized spacial score (nSPS) is 17.4. The Bertz CT molecular complexity index is 456. The van der Waals surface area contributed by atoms with Gasteiger partial charge in [-0.15, -0.1) is 0 Å². The molecule has 1 aromatic rings. The number of nitrogens with two attached hydrogens (primary N) is 1. The van der Waals surface area contributed by atoms with Gasteiger partial charge in [0, 0.05) is 24.8 Å². The number of benzene rings is 1. The van der Waals surface area contributed by atoms with Crippen molar-refractivity contribution < 1.29 is 9.18 Å². The first-order valence-corrected chi connectivity index (χ1v) is 6.68. The van der Waals surface area contributed by atoms with Crippen molar-refractivity contribution in [3.05, 3.63) is 29.6 Å². The number of nitrogens with zero attached hydrogens (tertiary/aromatic N) is 1. The zero-order chi connectivity index (χ0) is 13.8. The number of piperidine rings is 1. The smallest absolute Gasteiger partial charge is 0.254 e. The van der Waals surface area contributed by atoms with E-state index in [1.807, 2.05) is 0 Å². The van der Waals surface area contributed by atoms with Crippen LogP contribution < -0.4 is 11.1 Å². The summed E-state index contributed by atoms with van der Waals surface area (Å²) in [6, 6.07) is 4.18. The minimum atomic E-state index is -0.530. The lowest BCUT2D eigenvalue weighted by Crippen LogP contribution is -2.44. The SMILES string of the molecule is CCN1CCC(NC(=O)c2cc(N)ccc2F)CC1. The van der Waals surface area contributed by atoms with Gasteiger partial charge in [0.25, 0.3) is 5.91 Å². The standard InChI is InChI=1S/C14H20FN3O/c1-2-18-7-5-11(6-8-18)17-14(19)12-9-10(16)3-4-13(12)15/h3-4,9,11H,2,5-8,16H2,1H3,(H,17,19). The van der Waals surface area contributed by atoms with E-state index in [4.69, 9.17) is 5.73 Å². The van der Waals surface area contributed by atoms with Crippen molar-refractivity contribution in [3.63, 3.8) is 0 Å². The number of hydrogen-bond donors (Lipinski definition) is 2. The number of nitrogen functional groups attached to an aromatic ring is 1. The predicted molar refractivity (Wildman–Crippen MR) is 73.4 cm³/mol. The molecular weight excluding hydrogens is 245 g/mol. The van der Waals surface area contributed by atoms with E-state index >= 15 is 0 Å². The Hall–Kier alpha value is -1.62. The van der Waals surface area contributed by atoms with Gasteiger partial charge in [0.05, 0.1) is 5.56 Å². The van der Waals surface area contributed by atoms with Crippen LogP contribution in [0.3, 0.4) is 0 Å². The van der Waals surface area contributed by atoms with Gasteiger partial charge in [0.1, 0.15) is 5.82 Å². The van der Waals surface area contributed by atoms with Gasteiger partial charge in [0.15, 0.2) is 0 Å². The first-order chi connectivity index (χ1) is 9.10. The molecular formula is C14H20FN3O. The summed E-state index contributed by atoms with van der Waals surface area (Å²) < 4.78 is 13.6. The largest absolute Gasteiger partial charge is 0.399 e. The maximum Gasteiger partial charge on any atom is 0.254 e. The Morgan fingerprint density at radius 3 is 2.79 bits per heavy atom. The second kappa shape index (κ2) is 6.02. The molecule has 2 rings (SSSR count). The summed E-state index contributed by atoms with van der Waals surface area (Å²) in [6.45, 7) is 5.10. The molecule has 0 spiro atoms. The summed E-state index contributed by atoms with van der Waals surface area (Å²) in [7, 11) is 0. The Balaban J connectivity index is 1.96. The highest BCUT2D eigenvalue weighted by Crippen LogP contribution is 2.14. The molecule has 104 valence electrons. The fourth-order valence-corrected chi connectivity index (χ4v) is 2.37. The van der Waals surface area contributed by atoms with Crippen molar-refractivity contribution >= 4 is 11.6 Å². The van der Waals surface area contributed by atoms with Crippen LogP contribution in [0.5, 0.6) is 0 Å². The number of nitrogens with one attached hydrogen (secondary N) is 1. The van der Waals surface area contributed by atoms with Crippen molar-refractivity contribution in [2.24, 2.45) is 0 Å². The van der Waals surface area contributed by atoms with E-state index in [-0.39, 0.29) is 17.5 Å². The quantitative estimate of drug-likeness (QED) is 0.817. The molecule has 0 bridgehead atoms. The van der Waals surface area contributed by atoms with E-state index in [0.717, 1.165) is 32.5 Å². The molecule has 1 aliphatic heterocycles. The molecule has 1 aromatic carbocycles. The summed E-state index contributed by atoms with van der Waals surface area (Å²) >= 11 is 0. The number of anilines is 1. The maximum atomic E-state index is 13.6. The summed E-state index contributed by atoms with van der Waals surface area (Å²) in [6.07, 6.45) is 1.81. The molecule has 19 heavy (non-hydrogen) atoms. The number of halogens is 1. The van der Waals surface area contributed by atoms with Gasteiger partial charge in [-0.05, 0) is 37.6 Å². The van der Waals surface area contributed by atoms with Crippen LogP contribution in [0.2, 0.25) is 0 Å². The second-order valence-corrected chi connectivity index (χ2v) is 4.92. The summed E-state index contributed by atoms with van der Waals surface area (Å²) in [5.74, 6) is -0.905. The van der Waals surface area contributed by atoms with Crippen molar-refractivity contribution in [3.8, 4) is 0 Å². The molecule has 1 fully saturated rings. The topological polar surface area (TPSA) is 58.4 Å². The number of carbonyl (C=O) groups is 1. The van der Waals surface area contributed by atoms with E-state index in [9.17, 15) is 9.18 Å². The monoisotopic (exact) mass is 265 g/mol. The summed E-state index contributed by atoms with van der Waals surface area (Å²) in [4.78, 5) is 14.4. The lowest BCUT2D eigenvalue weighted by Gasteiger charge is -2.31. The number of amides is 1. The zero-order valence-corrected chi connectivity index (χ0v) is 11.2. The molecule has 1 heterocycles. The molecule has 0 saturated carbocycles. The van der Waals surface area contributed by atoms with Gasteiger partial charge in [-0.1, -0.05) is 6.92 Å². The Kier molecular flexibility index (Phi) is 4.37. The molecule has 0 aromatic heterocycles. The fraction of sp³-hybridized carbons (Fsp3) is 0.500. The second-order valence-electron chi connectivity index (χ2n) is 4.92. The fourth-order valence-electron chi connectivity index (χ4n) is 2.37. The van der Waals surface area contributed by atoms with E-state index in [1.165, 1.54) is 18.2 Å². The van der Waals surface area contributed by atoms with Crippen molar-refractivity contribution in [2.45, 2.75) is 25.8 Å². The highest BCUT2D eigenvalue weighted by molar-refractivity contribution is 5.95. The van der Waals surface area contributed by atoms with Crippen molar-refractivity contribution in [2.75, 3.05) is 25.4 Å². The number of carbonyl (C=O) groups excluding carboxylic acids is 1. The third-order valence-corrected chi connectivity index (χ3v) is 3.61. The Labute approximate surface area is 112 Å². The van der Waals surface area contributed by atoms with E-state index in [2.05, 4.69) is 17.1 Å². The number of hydrogen-bond acceptors (Lipinski definition) is 3. The van der Waals surface area contributed by atoms with Gasteiger partial charge in [0.2, 0.25) is 0 Å². The molecule has 0 unspecified atom stereocenters. The van der Waals surface area contributed by atoms with Gasteiger partial charge in [-0.25, -0.2) is 4.39 Å². The third kappa shape index (κ3) is 3.44. The minimum Gasteiger partial charge on any atom is -0.399 e. The van der Waals surface area contributed by atoms with Gasteiger partial charge in [-0.2, -0.15) is 0 Å². The Morgan fingerprint density at radius 1 is 1.47 bits per heavy atom. The molecule has 0 aliphatic carbocycles. The average Bonchev–Trinajstić information content (AvgIpc) is 2.42. The Morgan fingerprint density at radius 2 is 2.16 bits per heavy atom. The lowest BCUT2D eigenvalue weighted by molar-refractivity contribution is 0.0908. The maximum absolute atomic E-state index is 13.6. The first-order valence-electron chi connectivity index (χ1n) is 6.68. The third-order valence-electron chi connectivity index (χ3n) is 3.61. The van der Waals surface area contributed by atoms with Gasteiger partial charge >= 0.3 is 0 Å². The van der Waals surface area contributed by atoms with Crippen LogP contribution >= 0.6 is 0 Å². The van der Waals surface area contributed by atoms with Crippen molar-refractivity contribution in [1.29, 1.82) is 0 Å². The molecule has 5 heteroatoms. The van der Waals surface area contributed by atoms with Crippen LogP contribution in [0, 0.1) is 5.82 Å². The van der Waals surface area contributed by atoms with E-state index in [0.29, 0.717) is 5.69 Å². The summed E-state index contributed by atoms with van der Waals surface area (Å²) in [5, 5.41) is 2.89. The van der Waals surface area contributed by atoms with Crippen LogP contribution in [-0.2, 0) is 0 Å². The predicted octanol–water partition coefficient (Wildman–Crippen LogP) is 1.62. The molecule has 0 radical (unpaired) electrons. The van der Waals surface area contributed by atoms with Crippen LogP contribution in [0.25, 0.3) is 0 Å². The zero-order valence-electron chi connectivity index (χ0n) is 11.2. The van der Waals surface area contributed by atoms with Crippen LogP contribution in [-0.4, -0.2) is 36.5 Å². The number of likely N-dealkylation sites (tertiary alicyclic amines) is 1. The molecule has 3 N–H and O–H groups in total. The molecule has 1 aliphatic rings. The van der Waals surface area contributed by atoms with Crippen LogP contribution in [0.1, 0.15) is 30.1 Å². The molecule has 0 atom stereocenters. The molecule has 1 saturated heterocycles. The van der Waals surface area contributed by atoms with Crippen LogP contribution in [0.15, 0.2) is 18.2 Å². The summed E-state index contributed by atoms with van der Waals surface area (Å²) in [5.41, 5.74) is 6.00. The average molecular weight is 265 g/mol. The van der Waals surface area contributed by atoms with Gasteiger partial charge in [-0.3, -0.25) is 4.79 Å². The van der Waals surface area contributed by atoms with E-state index in [1.54, 1.807) is 0 Å². The van der Waals surface area contributed by atoms with Gasteiger partial charge < -0.3 is 16.0 Å².